The summed E-state index contributed by atoms with van der Waals surface area (Å²) < 4.78 is 0. The van der Waals surface area contributed by atoms with Crippen molar-refractivity contribution in [2.45, 2.75) is 12.8 Å². The normalized spacial score (nSPS) is 11.8. The van der Waals surface area contributed by atoms with Crippen LogP contribution < -0.4 is 28.6 Å². The SMILES string of the molecule is [B]c1cc(CCN(N)/C=C(\N)c2ccc(/C(N)=C/N(N)CCc3ccc(O)cc3)cc2)ccc1N=O. The van der Waals surface area contributed by atoms with Crippen LogP contribution in [0.3, 0.4) is 0 Å². The molecule has 0 aliphatic carbocycles. The maximum atomic E-state index is 10.6. The van der Waals surface area contributed by atoms with E-state index in [2.05, 4.69) is 5.18 Å². The van der Waals surface area contributed by atoms with Crippen LogP contribution in [0.1, 0.15) is 22.3 Å². The van der Waals surface area contributed by atoms with Gasteiger partial charge in [-0.15, -0.1) is 4.91 Å². The lowest BCUT2D eigenvalue weighted by Gasteiger charge is -2.16. The van der Waals surface area contributed by atoms with Crippen molar-refractivity contribution in [3.8, 4) is 5.75 Å². The van der Waals surface area contributed by atoms with Crippen molar-refractivity contribution in [3.63, 3.8) is 0 Å². The van der Waals surface area contributed by atoms with Gasteiger partial charge >= 0.3 is 0 Å². The van der Waals surface area contributed by atoms with Gasteiger partial charge in [0.15, 0.2) is 0 Å². The van der Waals surface area contributed by atoms with Crippen molar-refractivity contribution < 1.29 is 5.11 Å². The van der Waals surface area contributed by atoms with Gasteiger partial charge < -0.3 is 26.6 Å². The molecule has 2 radical (unpaired) electrons. The molecular formula is C26H30BN7O2. The minimum Gasteiger partial charge on any atom is -0.508 e. The zero-order valence-electron chi connectivity index (χ0n) is 19.9. The average molecular weight is 483 g/mol. The highest BCUT2D eigenvalue weighted by atomic mass is 16.3. The van der Waals surface area contributed by atoms with Crippen LogP contribution in [0, 0.1) is 4.91 Å². The van der Waals surface area contributed by atoms with Crippen molar-refractivity contribution in [1.82, 2.24) is 10.0 Å². The number of nitrogens with two attached hydrogens (primary N) is 4. The number of phenolic OH excluding ortho intramolecular Hbond substituents is 1. The minimum atomic E-state index is 0.222. The van der Waals surface area contributed by atoms with E-state index in [1.54, 1.807) is 42.7 Å². The van der Waals surface area contributed by atoms with Crippen LogP contribution in [-0.2, 0) is 12.8 Å². The molecule has 9 N–H and O–H groups in total. The molecule has 0 saturated carbocycles. The summed E-state index contributed by atoms with van der Waals surface area (Å²) in [6.07, 6.45) is 4.67. The van der Waals surface area contributed by atoms with E-state index < -0.39 is 0 Å². The lowest BCUT2D eigenvalue weighted by atomic mass is 9.91. The molecule has 10 heteroatoms. The Bertz CT molecular complexity index is 1230. The van der Waals surface area contributed by atoms with Gasteiger partial charge in [-0.05, 0) is 58.5 Å². The minimum absolute atomic E-state index is 0.222. The van der Waals surface area contributed by atoms with E-state index in [0.29, 0.717) is 42.8 Å². The number of nitroso groups, excluding NO2 is 1. The van der Waals surface area contributed by atoms with Crippen LogP contribution in [0.2, 0.25) is 0 Å². The molecule has 0 amide bonds. The van der Waals surface area contributed by atoms with Crippen LogP contribution in [0.15, 0.2) is 84.3 Å². The fraction of sp³-hybridized carbons (Fsp3) is 0.154. The van der Waals surface area contributed by atoms with Gasteiger partial charge in [-0.25, -0.2) is 11.7 Å². The van der Waals surface area contributed by atoms with E-state index in [1.165, 1.54) is 10.0 Å². The Morgan fingerprint density at radius 1 is 0.806 bits per heavy atom. The Morgan fingerprint density at radius 3 is 1.75 bits per heavy atom. The molecule has 0 aromatic heterocycles. The van der Waals surface area contributed by atoms with Gasteiger partial charge in [0.25, 0.3) is 0 Å². The third kappa shape index (κ3) is 7.62. The highest BCUT2D eigenvalue weighted by Crippen LogP contribution is 2.16. The monoisotopic (exact) mass is 483 g/mol. The molecule has 3 aromatic carbocycles. The van der Waals surface area contributed by atoms with Crippen molar-refractivity contribution in [1.29, 1.82) is 0 Å². The second-order valence-electron chi connectivity index (χ2n) is 8.37. The zero-order chi connectivity index (χ0) is 26.1. The number of hydrogen-bond donors (Lipinski definition) is 5. The summed E-state index contributed by atoms with van der Waals surface area (Å²) in [5.41, 5.74) is 17.6. The number of nitrogens with zero attached hydrogens (tertiary/aromatic N) is 3. The molecule has 184 valence electrons. The predicted octanol–water partition coefficient (Wildman–Crippen LogP) is 1.93. The topological polar surface area (TPSA) is 160 Å². The Morgan fingerprint density at radius 2 is 1.28 bits per heavy atom. The first-order valence-corrected chi connectivity index (χ1v) is 11.3. The van der Waals surface area contributed by atoms with E-state index in [0.717, 1.165) is 22.3 Å². The Balaban J connectivity index is 1.54. The van der Waals surface area contributed by atoms with Crippen molar-refractivity contribution in [3.05, 3.63) is 106 Å². The van der Waals surface area contributed by atoms with E-state index in [-0.39, 0.29) is 11.4 Å². The first-order chi connectivity index (χ1) is 17.2. The molecule has 0 unspecified atom stereocenters. The fourth-order valence-corrected chi connectivity index (χ4v) is 3.51. The maximum absolute atomic E-state index is 10.6. The molecular weight excluding hydrogens is 453 g/mol. The molecule has 0 aliphatic rings. The molecule has 36 heavy (non-hydrogen) atoms. The Hall–Kier alpha value is -4.28. The third-order valence-corrected chi connectivity index (χ3v) is 5.61. The molecule has 9 nitrogen and oxygen atoms in total. The summed E-state index contributed by atoms with van der Waals surface area (Å²) in [7, 11) is 5.80. The standard InChI is InChI=1S/C26H30BN7O2/c27-23-15-19(3-10-26(23)32-36)12-14-34(31)17-25(29)21-6-4-20(5-7-21)24(28)16-33(30)13-11-18-1-8-22(35)9-2-18/h1-10,15-17,35H,11-14,28-31H2/b24-16-,25-17-. The molecule has 0 spiro atoms. The summed E-state index contributed by atoms with van der Waals surface area (Å²) >= 11 is 0. The number of phenols is 1. The smallest absolute Gasteiger partial charge is 0.117 e. The molecule has 0 fully saturated rings. The number of rotatable bonds is 11. The summed E-state index contributed by atoms with van der Waals surface area (Å²) in [6.45, 7) is 1.06. The molecule has 3 aromatic rings. The first-order valence-electron chi connectivity index (χ1n) is 11.3. The molecule has 0 bridgehead atoms. The second kappa shape index (κ2) is 12.4. The molecule has 0 atom stereocenters. The van der Waals surface area contributed by atoms with Crippen LogP contribution in [0.4, 0.5) is 5.69 Å². The Kier molecular flexibility index (Phi) is 9.10. The van der Waals surface area contributed by atoms with Crippen molar-refractivity contribution in [2.75, 3.05) is 13.1 Å². The molecule has 0 heterocycles. The van der Waals surface area contributed by atoms with Gasteiger partial charge in [-0.3, -0.25) is 0 Å². The fourth-order valence-electron chi connectivity index (χ4n) is 3.51. The number of hydrogen-bond acceptors (Lipinski definition) is 9. The molecule has 0 saturated heterocycles. The quantitative estimate of drug-likeness (QED) is 0.120. The largest absolute Gasteiger partial charge is 0.508 e. The van der Waals surface area contributed by atoms with E-state index in [1.807, 2.05) is 36.4 Å². The maximum Gasteiger partial charge on any atom is 0.117 e. The van der Waals surface area contributed by atoms with Crippen LogP contribution >= 0.6 is 0 Å². The van der Waals surface area contributed by atoms with Gasteiger partial charge in [0.2, 0.25) is 0 Å². The van der Waals surface area contributed by atoms with Crippen molar-refractivity contribution in [2.24, 2.45) is 28.3 Å². The Labute approximate surface area is 212 Å². The van der Waals surface area contributed by atoms with E-state index >= 15 is 0 Å². The van der Waals surface area contributed by atoms with Crippen LogP contribution in [-0.4, -0.2) is 36.1 Å². The van der Waals surface area contributed by atoms with Gasteiger partial charge in [-0.1, -0.05) is 54.0 Å². The van der Waals surface area contributed by atoms with Gasteiger partial charge in [0.05, 0.1) is 11.4 Å². The van der Waals surface area contributed by atoms with Gasteiger partial charge in [0.1, 0.15) is 19.3 Å². The van der Waals surface area contributed by atoms with Crippen LogP contribution in [0.5, 0.6) is 5.75 Å². The first kappa shape index (κ1) is 26.3. The second-order valence-corrected chi connectivity index (χ2v) is 8.37. The third-order valence-electron chi connectivity index (χ3n) is 5.61. The van der Waals surface area contributed by atoms with Crippen molar-refractivity contribution >= 4 is 30.4 Å². The van der Waals surface area contributed by atoms with E-state index in [4.69, 9.17) is 31.0 Å². The lowest BCUT2D eigenvalue weighted by Crippen LogP contribution is -2.28. The molecule has 3 rings (SSSR count). The van der Waals surface area contributed by atoms with Gasteiger partial charge in [0, 0.05) is 25.5 Å². The zero-order valence-corrected chi connectivity index (χ0v) is 19.9. The van der Waals surface area contributed by atoms with E-state index in [9.17, 15) is 10.0 Å². The summed E-state index contributed by atoms with van der Waals surface area (Å²) in [4.78, 5) is 10.6. The number of hydrazine groups is 2. The summed E-state index contributed by atoms with van der Waals surface area (Å²) in [5, 5.41) is 15.3. The number of aromatic hydroxyl groups is 1. The highest BCUT2D eigenvalue weighted by molar-refractivity contribution is 6.35. The molecule has 0 aliphatic heterocycles. The highest BCUT2D eigenvalue weighted by Gasteiger charge is 2.05. The van der Waals surface area contributed by atoms with Crippen LogP contribution in [0.25, 0.3) is 11.4 Å². The predicted molar refractivity (Wildman–Crippen MR) is 145 cm³/mol. The summed E-state index contributed by atoms with van der Waals surface area (Å²) in [6, 6.07) is 19.5. The van der Waals surface area contributed by atoms with Gasteiger partial charge in [-0.2, -0.15) is 0 Å². The lowest BCUT2D eigenvalue weighted by molar-refractivity contribution is 0.399. The average Bonchev–Trinajstić information content (AvgIpc) is 2.87. The number of benzene rings is 3. The summed E-state index contributed by atoms with van der Waals surface area (Å²) in [5.74, 6) is 12.4.